The monoisotopic (exact) mass is 535 g/mol. The van der Waals surface area contributed by atoms with Crippen molar-refractivity contribution in [3.8, 4) is 5.75 Å². The van der Waals surface area contributed by atoms with Gasteiger partial charge in [0, 0.05) is 18.2 Å². The molecule has 2 fully saturated rings. The maximum Gasteiger partial charge on any atom is 0.459 e. The number of hydrogen-bond donors (Lipinski definition) is 2. The minimum absolute atomic E-state index is 0.0796. The van der Waals surface area contributed by atoms with Crippen LogP contribution in [0.2, 0.25) is 0 Å². The highest BCUT2D eigenvalue weighted by Crippen LogP contribution is 2.46. The molecule has 0 spiro atoms. The molecule has 0 amide bonds. The Balaban J connectivity index is 1.41. The van der Waals surface area contributed by atoms with E-state index in [4.69, 9.17) is 18.5 Å². The van der Waals surface area contributed by atoms with Crippen molar-refractivity contribution < 1.29 is 27.9 Å². The molecular formula is C25H34N3O8P. The normalized spacial score (nSPS) is 24.8. The third-order valence-corrected chi connectivity index (χ3v) is 8.16. The minimum atomic E-state index is -4.03. The average molecular weight is 536 g/mol. The topological polar surface area (TPSA) is 138 Å². The molecule has 1 aliphatic heterocycles. The molecule has 1 saturated heterocycles. The van der Waals surface area contributed by atoms with Crippen LogP contribution in [-0.2, 0) is 23.4 Å². The second-order valence-corrected chi connectivity index (χ2v) is 11.3. The summed E-state index contributed by atoms with van der Waals surface area (Å²) in [6.45, 7) is 3.35. The van der Waals surface area contributed by atoms with E-state index in [1.165, 1.54) is 16.8 Å². The first-order valence-corrected chi connectivity index (χ1v) is 14.2. The number of esters is 1. The van der Waals surface area contributed by atoms with Gasteiger partial charge in [0.25, 0.3) is 5.56 Å². The van der Waals surface area contributed by atoms with Crippen molar-refractivity contribution in [2.75, 3.05) is 6.61 Å². The maximum atomic E-state index is 13.8. The maximum absolute atomic E-state index is 13.8. The lowest BCUT2D eigenvalue weighted by atomic mass is 9.98. The average Bonchev–Trinajstić information content (AvgIpc) is 3.24. The molecule has 202 valence electrons. The summed E-state index contributed by atoms with van der Waals surface area (Å²) in [6.07, 6.45) is 5.46. The fourth-order valence-corrected chi connectivity index (χ4v) is 6.14. The molecule has 1 aromatic heterocycles. The van der Waals surface area contributed by atoms with Crippen LogP contribution in [0, 0.1) is 5.92 Å². The molecule has 5 atom stereocenters. The number of carbonyl (C=O) groups is 1. The van der Waals surface area contributed by atoms with Gasteiger partial charge in [-0.1, -0.05) is 31.5 Å². The number of aromatic amines is 1. The summed E-state index contributed by atoms with van der Waals surface area (Å²) >= 11 is 0. The molecule has 1 aliphatic carbocycles. The van der Waals surface area contributed by atoms with E-state index in [9.17, 15) is 18.9 Å². The summed E-state index contributed by atoms with van der Waals surface area (Å²) in [7, 11) is -4.03. The predicted octanol–water partition coefficient (Wildman–Crippen LogP) is 3.52. The Labute approximate surface area is 215 Å². The number of benzene rings is 1. The van der Waals surface area contributed by atoms with E-state index in [0.717, 1.165) is 32.1 Å². The van der Waals surface area contributed by atoms with Gasteiger partial charge in [0.2, 0.25) is 0 Å². The van der Waals surface area contributed by atoms with Crippen LogP contribution in [0.25, 0.3) is 0 Å². The van der Waals surface area contributed by atoms with Crippen LogP contribution in [0.3, 0.4) is 0 Å². The van der Waals surface area contributed by atoms with Gasteiger partial charge < -0.3 is 14.0 Å². The lowest BCUT2D eigenvalue weighted by Crippen LogP contribution is -2.38. The third kappa shape index (κ3) is 7.41. The molecule has 0 radical (unpaired) electrons. The molecule has 2 aromatic rings. The molecule has 11 nitrogen and oxygen atoms in total. The van der Waals surface area contributed by atoms with E-state index in [1.54, 1.807) is 37.3 Å². The highest BCUT2D eigenvalue weighted by atomic mass is 31.2. The number of ether oxygens (including phenoxy) is 2. The van der Waals surface area contributed by atoms with E-state index in [-0.39, 0.29) is 18.6 Å². The first-order chi connectivity index (χ1) is 17.7. The number of nitrogens with one attached hydrogen (secondary N) is 2. The van der Waals surface area contributed by atoms with Crippen molar-refractivity contribution in [1.29, 1.82) is 0 Å². The largest absolute Gasteiger partial charge is 0.461 e. The predicted molar refractivity (Wildman–Crippen MR) is 135 cm³/mol. The zero-order valence-electron chi connectivity index (χ0n) is 21.0. The van der Waals surface area contributed by atoms with Gasteiger partial charge in [-0.3, -0.25) is 23.7 Å². The van der Waals surface area contributed by atoms with Crippen molar-refractivity contribution in [1.82, 2.24) is 14.6 Å². The SMILES string of the molecule is CC1CC(COP(=O)(N[C@@H](C)C(=O)OC2CCCCC2)Oc2ccccc2)OC1n1ccc(=O)[nH]c1=O. The molecule has 2 N–H and O–H groups in total. The Hall–Kier alpha value is -2.72. The Morgan fingerprint density at radius 2 is 1.92 bits per heavy atom. The Bertz CT molecular complexity index is 1210. The fourth-order valence-electron chi connectivity index (χ4n) is 4.62. The standard InChI is InChI=1S/C25H34N3O8P/c1-17-15-21(34-23(17)28-14-13-22(29)26-25(28)31)16-33-37(32,36-20-11-7-4-8-12-20)27-18(2)24(30)35-19-9-5-3-6-10-19/h4,7-8,11-14,17-19,21,23H,3,5-6,9-10,15-16H2,1-2H3,(H,27,32)(H,26,29,31)/t17?,18-,21?,23?,37?/m0/s1. The molecule has 0 bridgehead atoms. The summed E-state index contributed by atoms with van der Waals surface area (Å²) in [5, 5.41) is 2.71. The van der Waals surface area contributed by atoms with Crippen molar-refractivity contribution in [2.24, 2.45) is 5.92 Å². The van der Waals surface area contributed by atoms with Gasteiger partial charge in [0.05, 0.1) is 12.7 Å². The molecule has 12 heteroatoms. The van der Waals surface area contributed by atoms with Gasteiger partial charge in [-0.2, -0.15) is 5.09 Å². The minimum Gasteiger partial charge on any atom is -0.461 e. The smallest absolute Gasteiger partial charge is 0.459 e. The van der Waals surface area contributed by atoms with Crippen LogP contribution >= 0.6 is 7.75 Å². The second-order valence-electron chi connectivity index (χ2n) is 9.62. The van der Waals surface area contributed by atoms with Gasteiger partial charge >= 0.3 is 19.4 Å². The van der Waals surface area contributed by atoms with Crippen LogP contribution in [0.15, 0.2) is 52.2 Å². The first-order valence-electron chi connectivity index (χ1n) is 12.7. The third-order valence-electron chi connectivity index (χ3n) is 6.52. The number of nitrogens with zero attached hydrogens (tertiary/aromatic N) is 1. The van der Waals surface area contributed by atoms with Crippen molar-refractivity contribution in [3.05, 3.63) is 63.4 Å². The summed E-state index contributed by atoms with van der Waals surface area (Å²) in [5.74, 6) is -0.288. The lowest BCUT2D eigenvalue weighted by molar-refractivity contribution is -0.152. The van der Waals surface area contributed by atoms with E-state index >= 15 is 0 Å². The van der Waals surface area contributed by atoms with Gasteiger partial charge in [-0.05, 0) is 51.2 Å². The molecule has 1 aromatic carbocycles. The fraction of sp³-hybridized carbons (Fsp3) is 0.560. The summed E-state index contributed by atoms with van der Waals surface area (Å²) in [5.41, 5.74) is -1.07. The number of rotatable bonds is 10. The molecule has 2 aliphatic rings. The number of hydrogen-bond acceptors (Lipinski definition) is 8. The highest BCUT2D eigenvalue weighted by molar-refractivity contribution is 7.52. The summed E-state index contributed by atoms with van der Waals surface area (Å²) in [4.78, 5) is 38.5. The number of carbonyl (C=O) groups excluding carboxylic acids is 1. The zero-order valence-corrected chi connectivity index (χ0v) is 21.9. The molecule has 4 unspecified atom stereocenters. The van der Waals surface area contributed by atoms with Crippen LogP contribution in [0.4, 0.5) is 0 Å². The number of para-hydroxylation sites is 1. The van der Waals surface area contributed by atoms with Gasteiger partial charge in [0.1, 0.15) is 24.1 Å². The van der Waals surface area contributed by atoms with E-state index < -0.39 is 43.3 Å². The van der Waals surface area contributed by atoms with Gasteiger partial charge in [-0.25, -0.2) is 9.36 Å². The van der Waals surface area contributed by atoms with Crippen LogP contribution < -0.4 is 20.9 Å². The van der Waals surface area contributed by atoms with Crippen LogP contribution in [-0.4, -0.2) is 40.4 Å². The molecule has 37 heavy (non-hydrogen) atoms. The zero-order chi connectivity index (χ0) is 26.4. The Morgan fingerprint density at radius 3 is 2.62 bits per heavy atom. The Morgan fingerprint density at radius 1 is 1.19 bits per heavy atom. The van der Waals surface area contributed by atoms with E-state index in [0.29, 0.717) is 12.2 Å². The Kier molecular flexibility index (Phi) is 9.02. The molecule has 1 saturated carbocycles. The highest BCUT2D eigenvalue weighted by Gasteiger charge is 2.38. The van der Waals surface area contributed by atoms with E-state index in [1.807, 2.05) is 6.92 Å². The van der Waals surface area contributed by atoms with Crippen LogP contribution in [0.1, 0.15) is 58.6 Å². The second kappa shape index (κ2) is 12.2. The lowest BCUT2D eigenvalue weighted by Gasteiger charge is -2.26. The summed E-state index contributed by atoms with van der Waals surface area (Å²) in [6, 6.07) is 8.84. The van der Waals surface area contributed by atoms with Crippen molar-refractivity contribution in [2.45, 2.75) is 76.9 Å². The first kappa shape index (κ1) is 27.3. The summed E-state index contributed by atoms with van der Waals surface area (Å²) < 4.78 is 38.1. The van der Waals surface area contributed by atoms with Crippen molar-refractivity contribution in [3.63, 3.8) is 0 Å². The molecule has 2 heterocycles. The number of aromatic nitrogens is 2. The number of H-pyrrole nitrogens is 1. The molecular weight excluding hydrogens is 501 g/mol. The van der Waals surface area contributed by atoms with Gasteiger partial charge in [0.15, 0.2) is 0 Å². The van der Waals surface area contributed by atoms with Gasteiger partial charge in [-0.15, -0.1) is 0 Å². The molecule has 4 rings (SSSR count). The van der Waals surface area contributed by atoms with Crippen LogP contribution in [0.5, 0.6) is 5.75 Å². The quantitative estimate of drug-likeness (QED) is 0.346. The van der Waals surface area contributed by atoms with E-state index in [2.05, 4.69) is 10.1 Å². The van der Waals surface area contributed by atoms with Crippen molar-refractivity contribution >= 4 is 13.7 Å².